The Bertz CT molecular complexity index is 935. The van der Waals surface area contributed by atoms with Gasteiger partial charge in [0.25, 0.3) is 0 Å². The molecule has 32 heavy (non-hydrogen) atoms. The first kappa shape index (κ1) is 23.0. The van der Waals surface area contributed by atoms with E-state index in [0.717, 1.165) is 5.56 Å². The molecule has 0 radical (unpaired) electrons. The first-order chi connectivity index (χ1) is 15.3. The van der Waals surface area contributed by atoms with Crippen molar-refractivity contribution in [2.75, 3.05) is 25.5 Å². The van der Waals surface area contributed by atoms with Crippen LogP contribution in [0.15, 0.2) is 18.2 Å². The van der Waals surface area contributed by atoms with Crippen LogP contribution in [0.4, 0.5) is 5.69 Å². The molecule has 2 unspecified atom stereocenters. The van der Waals surface area contributed by atoms with E-state index in [0.29, 0.717) is 36.4 Å². The Labute approximate surface area is 192 Å². The number of halogens is 1. The zero-order valence-corrected chi connectivity index (χ0v) is 19.4. The summed E-state index contributed by atoms with van der Waals surface area (Å²) in [4.78, 5) is 41.7. The van der Waals surface area contributed by atoms with Crippen molar-refractivity contribution in [3.05, 3.63) is 28.8 Å². The van der Waals surface area contributed by atoms with Crippen LogP contribution in [0.25, 0.3) is 0 Å². The van der Waals surface area contributed by atoms with E-state index >= 15 is 0 Å². The number of aliphatic hydroxyl groups is 1. The Kier molecular flexibility index (Phi) is 5.98. The Balaban J connectivity index is 1.77. The van der Waals surface area contributed by atoms with Crippen molar-refractivity contribution in [1.29, 1.82) is 0 Å². The molecular weight excluding hydrogens is 434 g/mol. The number of aryl methyl sites for hydroxylation is 1. The highest BCUT2D eigenvalue weighted by molar-refractivity contribution is 6.34. The summed E-state index contributed by atoms with van der Waals surface area (Å²) in [6.07, 6.45) is 2.02. The van der Waals surface area contributed by atoms with E-state index in [1.54, 1.807) is 19.2 Å². The number of anilines is 1. The summed E-state index contributed by atoms with van der Waals surface area (Å²) in [7, 11) is 1.55. The monoisotopic (exact) mass is 463 g/mol. The van der Waals surface area contributed by atoms with Crippen LogP contribution < -0.4 is 10.6 Å². The average molecular weight is 464 g/mol. The first-order valence-electron chi connectivity index (χ1n) is 11.2. The molecule has 0 aromatic heterocycles. The van der Waals surface area contributed by atoms with Crippen molar-refractivity contribution in [3.8, 4) is 0 Å². The largest absolute Gasteiger partial charge is 0.396 e. The normalized spacial score (nSPS) is 32.8. The summed E-state index contributed by atoms with van der Waals surface area (Å²) in [6, 6.07) is 4.43. The zero-order valence-electron chi connectivity index (χ0n) is 18.6. The molecule has 3 amide bonds. The molecule has 3 N–H and O–H groups in total. The number of hydrogen-bond donors (Lipinski definition) is 3. The van der Waals surface area contributed by atoms with Gasteiger partial charge in [0.15, 0.2) is 0 Å². The van der Waals surface area contributed by atoms with Gasteiger partial charge < -0.3 is 25.4 Å². The lowest BCUT2D eigenvalue weighted by Gasteiger charge is -2.33. The third-order valence-electron chi connectivity index (χ3n) is 7.49. The smallest absolute Gasteiger partial charge is 0.250 e. The molecule has 3 aliphatic rings. The van der Waals surface area contributed by atoms with E-state index in [1.807, 2.05) is 19.9 Å². The molecule has 4 rings (SSSR count). The number of hydrogen-bond acceptors (Lipinski definition) is 5. The second kappa shape index (κ2) is 8.32. The minimum atomic E-state index is -1.08. The molecule has 0 saturated carbocycles. The lowest BCUT2D eigenvalue weighted by molar-refractivity contribution is -0.146. The first-order valence-corrected chi connectivity index (χ1v) is 11.5. The number of aliphatic hydroxyl groups excluding tert-OH is 1. The van der Waals surface area contributed by atoms with Crippen LogP contribution in [0.1, 0.15) is 38.2 Å². The maximum Gasteiger partial charge on any atom is 0.250 e. The summed E-state index contributed by atoms with van der Waals surface area (Å²) in [5.74, 6) is -2.29. The number of carbonyl (C=O) groups excluding carboxylic acids is 3. The highest BCUT2D eigenvalue weighted by Crippen LogP contribution is 2.64. The number of para-hydroxylation sites is 1. The van der Waals surface area contributed by atoms with E-state index < -0.39 is 29.1 Å². The summed E-state index contributed by atoms with van der Waals surface area (Å²) in [5, 5.41) is 15.4. The second-order valence-electron chi connectivity index (χ2n) is 8.98. The Morgan fingerprint density at radius 3 is 2.69 bits per heavy atom. The van der Waals surface area contributed by atoms with Crippen LogP contribution in [-0.4, -0.2) is 65.2 Å². The molecule has 174 valence electrons. The SMILES string of the molecule is CC[C@]12CCC3(O1)C(C(=O)Nc1c(C)cccc1Cl)N(CCCO)C(=O)[C@@H]3[C@H]2C(=O)NC. The summed E-state index contributed by atoms with van der Waals surface area (Å²) in [6.45, 7) is 3.89. The van der Waals surface area contributed by atoms with Crippen molar-refractivity contribution >= 4 is 35.0 Å². The topological polar surface area (TPSA) is 108 Å². The Morgan fingerprint density at radius 2 is 2.06 bits per heavy atom. The average Bonchev–Trinajstić information content (AvgIpc) is 3.38. The van der Waals surface area contributed by atoms with Crippen LogP contribution in [-0.2, 0) is 19.1 Å². The van der Waals surface area contributed by atoms with E-state index in [9.17, 15) is 19.5 Å². The maximum atomic E-state index is 13.7. The number of nitrogens with one attached hydrogen (secondary N) is 2. The third kappa shape index (κ3) is 3.15. The van der Waals surface area contributed by atoms with Gasteiger partial charge in [-0.25, -0.2) is 0 Å². The molecule has 5 atom stereocenters. The van der Waals surface area contributed by atoms with Gasteiger partial charge in [-0.2, -0.15) is 0 Å². The molecule has 3 heterocycles. The van der Waals surface area contributed by atoms with E-state index in [4.69, 9.17) is 16.3 Å². The van der Waals surface area contributed by atoms with Crippen molar-refractivity contribution in [3.63, 3.8) is 0 Å². The quantitative estimate of drug-likeness (QED) is 0.572. The van der Waals surface area contributed by atoms with E-state index in [1.165, 1.54) is 4.90 Å². The zero-order chi connectivity index (χ0) is 23.3. The van der Waals surface area contributed by atoms with E-state index in [-0.39, 0.29) is 30.9 Å². The molecule has 2 bridgehead atoms. The number of rotatable bonds is 7. The molecule has 1 spiro atoms. The van der Waals surface area contributed by atoms with Gasteiger partial charge in [0.05, 0.1) is 28.1 Å². The van der Waals surface area contributed by atoms with Crippen molar-refractivity contribution in [2.24, 2.45) is 11.8 Å². The molecular formula is C23H30ClN3O5. The number of ether oxygens (including phenoxy) is 1. The van der Waals surface area contributed by atoms with Crippen LogP contribution in [0.5, 0.6) is 0 Å². The summed E-state index contributed by atoms with van der Waals surface area (Å²) >= 11 is 6.33. The molecule has 1 aromatic carbocycles. The fourth-order valence-electron chi connectivity index (χ4n) is 6.04. The Hall–Kier alpha value is -2.16. The predicted molar refractivity (Wildman–Crippen MR) is 119 cm³/mol. The fraction of sp³-hybridized carbons (Fsp3) is 0.609. The lowest BCUT2D eigenvalue weighted by Crippen LogP contribution is -2.53. The van der Waals surface area contributed by atoms with Crippen molar-refractivity contribution < 1.29 is 24.2 Å². The molecule has 8 nitrogen and oxygen atoms in total. The van der Waals surface area contributed by atoms with Crippen LogP contribution >= 0.6 is 11.6 Å². The van der Waals surface area contributed by atoms with Gasteiger partial charge in [-0.05, 0) is 44.2 Å². The van der Waals surface area contributed by atoms with Gasteiger partial charge in [-0.15, -0.1) is 0 Å². The van der Waals surface area contributed by atoms with Gasteiger partial charge in [0.1, 0.15) is 11.6 Å². The van der Waals surface area contributed by atoms with E-state index in [2.05, 4.69) is 10.6 Å². The third-order valence-corrected chi connectivity index (χ3v) is 7.80. The van der Waals surface area contributed by atoms with Crippen LogP contribution in [0.3, 0.4) is 0 Å². The van der Waals surface area contributed by atoms with Crippen LogP contribution in [0.2, 0.25) is 5.02 Å². The Morgan fingerprint density at radius 1 is 1.31 bits per heavy atom. The second-order valence-corrected chi connectivity index (χ2v) is 9.38. The maximum absolute atomic E-state index is 13.7. The fourth-order valence-corrected chi connectivity index (χ4v) is 6.30. The molecule has 9 heteroatoms. The number of amides is 3. The number of nitrogens with zero attached hydrogens (tertiary/aromatic N) is 1. The summed E-state index contributed by atoms with van der Waals surface area (Å²) in [5.41, 5.74) is -0.549. The predicted octanol–water partition coefficient (Wildman–Crippen LogP) is 1.87. The molecule has 0 aliphatic carbocycles. The number of likely N-dealkylation sites (tertiary alicyclic amines) is 1. The molecule has 3 saturated heterocycles. The number of benzene rings is 1. The molecule has 3 aliphatic heterocycles. The highest BCUT2D eigenvalue weighted by atomic mass is 35.5. The molecule has 3 fully saturated rings. The number of carbonyl (C=O) groups is 3. The van der Waals surface area contributed by atoms with Gasteiger partial charge in [-0.1, -0.05) is 30.7 Å². The van der Waals surface area contributed by atoms with Crippen LogP contribution in [0, 0.1) is 18.8 Å². The summed E-state index contributed by atoms with van der Waals surface area (Å²) < 4.78 is 6.59. The highest BCUT2D eigenvalue weighted by Gasteiger charge is 2.78. The minimum Gasteiger partial charge on any atom is -0.396 e. The lowest BCUT2D eigenvalue weighted by atomic mass is 9.65. The van der Waals surface area contributed by atoms with Gasteiger partial charge in [0.2, 0.25) is 17.7 Å². The minimum absolute atomic E-state index is 0.113. The van der Waals surface area contributed by atoms with Gasteiger partial charge in [-0.3, -0.25) is 14.4 Å². The van der Waals surface area contributed by atoms with Crippen molar-refractivity contribution in [2.45, 2.75) is 56.8 Å². The molecule has 1 aromatic rings. The standard InChI is InChI=1S/C23H30ClN3O5/c1-4-22-9-10-23(32-22)16(15(22)19(29)25-3)21(31)27(11-6-12-28)18(23)20(30)26-17-13(2)7-5-8-14(17)24/h5,7-8,15-16,18,28H,4,6,9-12H2,1-3H3,(H,25,29)(H,26,30)/t15-,16-,18?,22+,23?/m0/s1. The van der Waals surface area contributed by atoms with Gasteiger partial charge >= 0.3 is 0 Å². The van der Waals surface area contributed by atoms with Gasteiger partial charge in [0, 0.05) is 20.2 Å². The number of fused-ring (bicyclic) bond motifs is 1. The van der Waals surface area contributed by atoms with Crippen molar-refractivity contribution in [1.82, 2.24) is 10.2 Å².